The molecule has 0 fully saturated rings. The maximum absolute atomic E-state index is 11.8. The quantitative estimate of drug-likeness (QED) is 0.751. The fraction of sp³-hybridized carbons (Fsp3) is 0.583. The molecule has 0 aliphatic rings. The number of ether oxygens (including phenoxy) is 1. The fourth-order valence-corrected chi connectivity index (χ4v) is 1.84. The van der Waals surface area contributed by atoms with Crippen LogP contribution in [0, 0.1) is 13.8 Å². The molecular weight excluding hydrogens is 234 g/mol. The third-order valence-electron chi connectivity index (χ3n) is 2.70. The van der Waals surface area contributed by atoms with Crippen LogP contribution in [-0.2, 0) is 9.53 Å². The second-order valence-corrected chi connectivity index (χ2v) is 4.15. The molecule has 6 nitrogen and oxygen atoms in total. The van der Waals surface area contributed by atoms with E-state index in [0.29, 0.717) is 23.6 Å². The number of rotatable bonds is 5. The number of aromatic amines is 1. The van der Waals surface area contributed by atoms with Gasteiger partial charge in [-0.2, -0.15) is 0 Å². The lowest BCUT2D eigenvalue weighted by Crippen LogP contribution is -2.29. The van der Waals surface area contributed by atoms with Gasteiger partial charge in [-0.05, 0) is 20.8 Å². The number of hydrogen-bond donors (Lipinski definition) is 2. The zero-order valence-electron chi connectivity index (χ0n) is 11.2. The van der Waals surface area contributed by atoms with Crippen LogP contribution in [0.25, 0.3) is 0 Å². The molecule has 100 valence electrons. The first-order valence-corrected chi connectivity index (χ1v) is 5.83. The fourth-order valence-electron chi connectivity index (χ4n) is 1.84. The number of nitrogens with one attached hydrogen (secondary N) is 2. The van der Waals surface area contributed by atoms with Crippen molar-refractivity contribution in [3.63, 3.8) is 0 Å². The van der Waals surface area contributed by atoms with E-state index < -0.39 is 0 Å². The summed E-state index contributed by atoms with van der Waals surface area (Å²) in [5, 5.41) is 3.10. The van der Waals surface area contributed by atoms with Gasteiger partial charge in [-0.3, -0.25) is 9.59 Å². The number of methoxy groups -OCH3 is 1. The van der Waals surface area contributed by atoms with Gasteiger partial charge in [0.05, 0.1) is 19.1 Å². The Kier molecular flexibility index (Phi) is 5.03. The first-order chi connectivity index (χ1) is 8.45. The molecule has 0 radical (unpaired) electrons. The van der Waals surface area contributed by atoms with Crippen LogP contribution in [0.2, 0.25) is 0 Å². The molecule has 0 aromatic carbocycles. The third kappa shape index (κ3) is 3.66. The number of nitrogens with zero attached hydrogens (tertiary/aromatic N) is 1. The van der Waals surface area contributed by atoms with Crippen LogP contribution >= 0.6 is 0 Å². The molecule has 2 N–H and O–H groups in total. The van der Waals surface area contributed by atoms with Crippen LogP contribution in [0.4, 0.5) is 0 Å². The Morgan fingerprint density at radius 1 is 1.50 bits per heavy atom. The number of H-pyrrole nitrogens is 1. The van der Waals surface area contributed by atoms with E-state index in [1.54, 1.807) is 13.8 Å². The van der Waals surface area contributed by atoms with Crippen molar-refractivity contribution in [2.24, 2.45) is 0 Å². The van der Waals surface area contributed by atoms with Crippen molar-refractivity contribution in [2.45, 2.75) is 33.2 Å². The number of carbonyl (C=O) groups excluding carboxylic acids is 1. The molecule has 6 heteroatoms. The summed E-state index contributed by atoms with van der Waals surface area (Å²) in [5.41, 5.74) is 1.16. The largest absolute Gasteiger partial charge is 0.469 e. The van der Waals surface area contributed by atoms with Gasteiger partial charge in [-0.1, -0.05) is 0 Å². The van der Waals surface area contributed by atoms with Gasteiger partial charge in [0.2, 0.25) is 0 Å². The average Bonchev–Trinajstić information content (AvgIpc) is 2.27. The van der Waals surface area contributed by atoms with Crippen molar-refractivity contribution in [1.29, 1.82) is 0 Å². The summed E-state index contributed by atoms with van der Waals surface area (Å²) >= 11 is 0. The van der Waals surface area contributed by atoms with Gasteiger partial charge in [-0.25, -0.2) is 4.98 Å². The lowest BCUT2D eigenvalue weighted by atomic mass is 10.1. The molecule has 0 aliphatic carbocycles. The Morgan fingerprint density at radius 2 is 2.17 bits per heavy atom. The van der Waals surface area contributed by atoms with E-state index in [1.807, 2.05) is 6.92 Å². The van der Waals surface area contributed by atoms with E-state index in [-0.39, 0.29) is 24.0 Å². The summed E-state index contributed by atoms with van der Waals surface area (Å²) in [6.45, 7) is 5.87. The van der Waals surface area contributed by atoms with Crippen molar-refractivity contribution >= 4 is 5.97 Å². The lowest BCUT2D eigenvalue weighted by molar-refractivity contribution is -0.140. The minimum Gasteiger partial charge on any atom is -0.469 e. The average molecular weight is 253 g/mol. The monoisotopic (exact) mass is 253 g/mol. The van der Waals surface area contributed by atoms with Gasteiger partial charge >= 0.3 is 5.97 Å². The molecule has 0 amide bonds. The summed E-state index contributed by atoms with van der Waals surface area (Å²) in [6.07, 6.45) is 0.275. The van der Waals surface area contributed by atoms with Crippen molar-refractivity contribution < 1.29 is 9.53 Å². The SMILES string of the molecule is COC(=O)CCNC(C)c1c(C)nc(C)[nH]c1=O. The van der Waals surface area contributed by atoms with Crippen molar-refractivity contribution in [1.82, 2.24) is 15.3 Å². The molecule has 0 saturated heterocycles. The number of hydrogen-bond acceptors (Lipinski definition) is 5. The molecule has 1 aromatic rings. The van der Waals surface area contributed by atoms with E-state index in [1.165, 1.54) is 7.11 Å². The van der Waals surface area contributed by atoms with Gasteiger partial charge in [-0.15, -0.1) is 0 Å². The van der Waals surface area contributed by atoms with E-state index in [0.717, 1.165) is 0 Å². The maximum atomic E-state index is 11.8. The van der Waals surface area contributed by atoms with Crippen molar-refractivity contribution in [3.8, 4) is 0 Å². The molecule has 1 heterocycles. The summed E-state index contributed by atoms with van der Waals surface area (Å²) in [6, 6.07) is -0.161. The summed E-state index contributed by atoms with van der Waals surface area (Å²) in [5.74, 6) is 0.324. The first kappa shape index (κ1) is 14.4. The minimum atomic E-state index is -0.276. The Bertz CT molecular complexity index is 482. The molecule has 18 heavy (non-hydrogen) atoms. The first-order valence-electron chi connectivity index (χ1n) is 5.83. The summed E-state index contributed by atoms with van der Waals surface area (Å²) in [4.78, 5) is 29.7. The topological polar surface area (TPSA) is 84.1 Å². The molecule has 1 atom stereocenters. The molecule has 0 saturated carbocycles. The van der Waals surface area contributed by atoms with Crippen LogP contribution in [0.3, 0.4) is 0 Å². The van der Waals surface area contributed by atoms with E-state index in [9.17, 15) is 9.59 Å². The molecule has 0 spiro atoms. The second-order valence-electron chi connectivity index (χ2n) is 4.15. The van der Waals surface area contributed by atoms with Gasteiger partial charge in [0.25, 0.3) is 5.56 Å². The summed E-state index contributed by atoms with van der Waals surface area (Å²) < 4.78 is 4.54. The predicted octanol–water partition coefficient (Wildman–Crippen LogP) is 0.600. The molecule has 1 rings (SSSR count). The van der Waals surface area contributed by atoms with Gasteiger partial charge in [0.1, 0.15) is 5.82 Å². The standard InChI is InChI=1S/C12H19N3O3/c1-7(13-6-5-10(16)18-4)11-8(2)14-9(3)15-12(11)17/h7,13H,5-6H2,1-4H3,(H,14,15,17). The Morgan fingerprint density at radius 3 is 2.72 bits per heavy atom. The predicted molar refractivity (Wildman–Crippen MR) is 67.4 cm³/mol. The van der Waals surface area contributed by atoms with Gasteiger partial charge in [0.15, 0.2) is 0 Å². The number of esters is 1. The van der Waals surface area contributed by atoms with Crippen LogP contribution in [0.5, 0.6) is 0 Å². The van der Waals surface area contributed by atoms with Crippen LogP contribution in [0.15, 0.2) is 4.79 Å². The second kappa shape index (κ2) is 6.30. The zero-order valence-corrected chi connectivity index (χ0v) is 11.2. The highest BCUT2D eigenvalue weighted by Crippen LogP contribution is 2.10. The smallest absolute Gasteiger partial charge is 0.306 e. The molecule has 1 unspecified atom stereocenters. The van der Waals surface area contributed by atoms with Crippen LogP contribution < -0.4 is 10.9 Å². The Labute approximate surface area is 106 Å². The van der Waals surface area contributed by atoms with Gasteiger partial charge < -0.3 is 15.0 Å². The van der Waals surface area contributed by atoms with Gasteiger partial charge in [0, 0.05) is 18.3 Å². The molecular formula is C12H19N3O3. The summed E-state index contributed by atoms with van der Waals surface area (Å²) in [7, 11) is 1.35. The van der Waals surface area contributed by atoms with E-state index in [4.69, 9.17) is 0 Å². The van der Waals surface area contributed by atoms with E-state index >= 15 is 0 Å². The number of aryl methyl sites for hydroxylation is 2. The normalized spacial score (nSPS) is 12.2. The van der Waals surface area contributed by atoms with Crippen molar-refractivity contribution in [3.05, 3.63) is 27.4 Å². The highest BCUT2D eigenvalue weighted by molar-refractivity contribution is 5.69. The highest BCUT2D eigenvalue weighted by Gasteiger charge is 2.14. The van der Waals surface area contributed by atoms with Crippen LogP contribution in [0.1, 0.15) is 36.5 Å². The minimum absolute atomic E-state index is 0.141. The molecule has 0 aliphatic heterocycles. The Hall–Kier alpha value is -1.69. The lowest BCUT2D eigenvalue weighted by Gasteiger charge is -2.14. The molecule has 0 bridgehead atoms. The maximum Gasteiger partial charge on any atom is 0.306 e. The van der Waals surface area contributed by atoms with Crippen LogP contribution in [-0.4, -0.2) is 29.6 Å². The molecule has 1 aromatic heterocycles. The number of aromatic nitrogens is 2. The number of carbonyl (C=O) groups is 1. The Balaban J connectivity index is 2.70. The third-order valence-corrected chi connectivity index (χ3v) is 2.70. The van der Waals surface area contributed by atoms with Crippen molar-refractivity contribution in [2.75, 3.05) is 13.7 Å². The highest BCUT2D eigenvalue weighted by atomic mass is 16.5. The zero-order chi connectivity index (χ0) is 13.7. The van der Waals surface area contributed by atoms with E-state index in [2.05, 4.69) is 20.0 Å².